The maximum Gasteiger partial charge on any atom is 2.00 e. The number of nitrogens with one attached hydrogen (secondary N) is 2. The molecule has 4 aromatic rings. The van der Waals surface area contributed by atoms with Crippen LogP contribution in [0.1, 0.15) is 37.1 Å². The number of para-hydroxylation sites is 2. The summed E-state index contributed by atoms with van der Waals surface area (Å²) in [5, 5.41) is 22.8. The fraction of sp³-hybridized carbons (Fsp3) is 0.250. The Morgan fingerprint density at radius 3 is 1.42 bits per heavy atom. The van der Waals surface area contributed by atoms with Gasteiger partial charge in [0.2, 0.25) is 0 Å². The molecule has 2 N–H and O–H groups in total. The molecule has 0 bridgehead atoms. The van der Waals surface area contributed by atoms with Crippen molar-refractivity contribution in [3.63, 3.8) is 0 Å². The molecule has 0 unspecified atom stereocenters. The van der Waals surface area contributed by atoms with E-state index in [1.54, 1.807) is 0 Å². The number of hydrogen-bond acceptors (Lipinski definition) is 4. The van der Waals surface area contributed by atoms with Crippen molar-refractivity contribution < 1.29 is 39.3 Å². The van der Waals surface area contributed by atoms with Crippen LogP contribution in [-0.4, -0.2) is 21.9 Å². The molecule has 31 heavy (non-hydrogen) atoms. The number of rotatable bonds is 8. The van der Waals surface area contributed by atoms with Crippen molar-refractivity contribution in [2.75, 3.05) is 0 Å². The van der Waals surface area contributed by atoms with Crippen LogP contribution in [0.2, 0.25) is 0 Å². The largest absolute Gasteiger partial charge is 2.00 e. The number of carbonyl (C=O) groups excluding carboxylic acids is 2. The van der Waals surface area contributed by atoms with E-state index in [0.29, 0.717) is 12.8 Å². The summed E-state index contributed by atoms with van der Waals surface area (Å²) in [6, 6.07) is 20.1. The molecule has 0 radical (unpaired) electrons. The van der Waals surface area contributed by atoms with Crippen LogP contribution in [-0.2, 0) is 41.9 Å². The smallest absolute Gasteiger partial charge is 0.550 e. The Kier molecular flexibility index (Phi) is 9.48. The van der Waals surface area contributed by atoms with Crippen LogP contribution in [0.15, 0.2) is 60.7 Å². The Morgan fingerprint density at radius 1 is 0.677 bits per heavy atom. The second-order valence-corrected chi connectivity index (χ2v) is 7.21. The van der Waals surface area contributed by atoms with E-state index in [-0.39, 0.29) is 32.3 Å². The minimum atomic E-state index is -0.980. The quantitative estimate of drug-likeness (QED) is 0.386. The molecular formula is C24H24N2O4Zn. The number of aryl methyl sites for hydroxylation is 2. The summed E-state index contributed by atoms with van der Waals surface area (Å²) in [5.74, 6) is -1.96. The second-order valence-electron chi connectivity index (χ2n) is 7.21. The van der Waals surface area contributed by atoms with Crippen LogP contribution < -0.4 is 10.2 Å². The zero-order valence-corrected chi connectivity index (χ0v) is 20.3. The average Bonchev–Trinajstić information content (AvgIpc) is 3.30. The first-order valence-electron chi connectivity index (χ1n) is 10.0. The van der Waals surface area contributed by atoms with Gasteiger partial charge in [0, 0.05) is 34.4 Å². The maximum atomic E-state index is 10.2. The van der Waals surface area contributed by atoms with Crippen molar-refractivity contribution in [1.29, 1.82) is 0 Å². The van der Waals surface area contributed by atoms with Crippen molar-refractivity contribution >= 4 is 33.7 Å². The van der Waals surface area contributed by atoms with E-state index >= 15 is 0 Å². The number of fused-ring (bicyclic) bond motifs is 2. The molecule has 0 saturated heterocycles. The van der Waals surface area contributed by atoms with Gasteiger partial charge in [-0.3, -0.25) is 0 Å². The molecule has 156 valence electrons. The first kappa shape index (κ1) is 24.4. The molecule has 0 atom stereocenters. The maximum absolute atomic E-state index is 10.2. The Morgan fingerprint density at radius 2 is 1.06 bits per heavy atom. The minimum Gasteiger partial charge on any atom is -0.550 e. The van der Waals surface area contributed by atoms with Gasteiger partial charge in [0.05, 0.1) is 0 Å². The fourth-order valence-corrected chi connectivity index (χ4v) is 3.38. The van der Waals surface area contributed by atoms with Gasteiger partial charge in [-0.1, -0.05) is 36.4 Å². The van der Waals surface area contributed by atoms with Crippen molar-refractivity contribution in [3.8, 4) is 0 Å². The summed E-state index contributed by atoms with van der Waals surface area (Å²) in [5.41, 5.74) is 4.36. The van der Waals surface area contributed by atoms with Crippen LogP contribution in [0.5, 0.6) is 0 Å². The monoisotopic (exact) mass is 468 g/mol. The number of benzene rings is 2. The summed E-state index contributed by atoms with van der Waals surface area (Å²) < 4.78 is 0. The normalized spacial score (nSPS) is 10.3. The van der Waals surface area contributed by atoms with E-state index in [1.165, 1.54) is 10.8 Å². The van der Waals surface area contributed by atoms with Gasteiger partial charge in [0.1, 0.15) is 0 Å². The van der Waals surface area contributed by atoms with Gasteiger partial charge in [0.15, 0.2) is 0 Å². The van der Waals surface area contributed by atoms with Gasteiger partial charge < -0.3 is 29.8 Å². The van der Waals surface area contributed by atoms with E-state index in [1.807, 2.05) is 48.5 Å². The van der Waals surface area contributed by atoms with E-state index in [0.717, 1.165) is 35.3 Å². The zero-order chi connectivity index (χ0) is 21.3. The van der Waals surface area contributed by atoms with Gasteiger partial charge in [0.25, 0.3) is 0 Å². The second kappa shape index (κ2) is 12.1. The first-order chi connectivity index (χ1) is 14.5. The van der Waals surface area contributed by atoms with Crippen LogP contribution >= 0.6 is 0 Å². The minimum absolute atomic E-state index is 0. The third kappa shape index (κ3) is 7.69. The molecule has 0 saturated carbocycles. The molecule has 0 fully saturated rings. The number of carboxylic acid groups (broad SMARTS) is 2. The van der Waals surface area contributed by atoms with E-state index in [4.69, 9.17) is 0 Å². The zero-order valence-electron chi connectivity index (χ0n) is 17.4. The van der Waals surface area contributed by atoms with E-state index < -0.39 is 11.9 Å². The molecule has 2 aromatic carbocycles. The van der Waals surface area contributed by atoms with E-state index in [2.05, 4.69) is 22.1 Å². The number of aromatic nitrogens is 2. The number of H-pyrrole nitrogens is 2. The van der Waals surface area contributed by atoms with Crippen LogP contribution in [0, 0.1) is 0 Å². The summed E-state index contributed by atoms with van der Waals surface area (Å²) >= 11 is 0. The standard InChI is InChI=1S/2C12H13NO2.Zn/c2*14-12(15)7-3-5-10-8-9-4-1-2-6-11(9)13-10;/h2*1-2,4,6,8,13H,3,5,7H2,(H,14,15);/q;;+2/p-2. The third-order valence-corrected chi connectivity index (χ3v) is 4.83. The molecular weight excluding hydrogens is 446 g/mol. The van der Waals surface area contributed by atoms with Crippen LogP contribution in [0.4, 0.5) is 0 Å². The summed E-state index contributed by atoms with van der Waals surface area (Å²) in [4.78, 5) is 27.0. The molecule has 0 aliphatic carbocycles. The number of carboxylic acids is 2. The average molecular weight is 470 g/mol. The molecule has 0 amide bonds. The van der Waals surface area contributed by atoms with Gasteiger partial charge in [-0.15, -0.1) is 0 Å². The summed E-state index contributed by atoms with van der Waals surface area (Å²) in [7, 11) is 0. The Balaban J connectivity index is 0.000000213. The molecule has 7 heteroatoms. The molecule has 6 nitrogen and oxygen atoms in total. The van der Waals surface area contributed by atoms with Crippen molar-refractivity contribution in [2.24, 2.45) is 0 Å². The molecule has 0 spiro atoms. The van der Waals surface area contributed by atoms with E-state index in [9.17, 15) is 19.8 Å². The molecule has 2 heterocycles. The Labute approximate surface area is 193 Å². The number of aliphatic carboxylic acids is 2. The summed E-state index contributed by atoms with van der Waals surface area (Å²) in [6.07, 6.45) is 2.99. The number of aromatic amines is 2. The van der Waals surface area contributed by atoms with Crippen LogP contribution in [0.25, 0.3) is 21.8 Å². The summed E-state index contributed by atoms with van der Waals surface area (Å²) in [6.45, 7) is 0. The number of hydrogen-bond donors (Lipinski definition) is 2. The van der Waals surface area contributed by atoms with Crippen molar-refractivity contribution in [1.82, 2.24) is 9.97 Å². The predicted octanol–water partition coefficient (Wildman–Crippen LogP) is 2.48. The van der Waals surface area contributed by atoms with Gasteiger partial charge >= 0.3 is 19.5 Å². The molecule has 4 rings (SSSR count). The predicted molar refractivity (Wildman–Crippen MR) is 112 cm³/mol. The molecule has 0 aliphatic rings. The van der Waals surface area contributed by atoms with Crippen molar-refractivity contribution in [2.45, 2.75) is 38.5 Å². The number of carbonyl (C=O) groups is 2. The molecule has 2 aromatic heterocycles. The third-order valence-electron chi connectivity index (χ3n) is 4.83. The first-order valence-corrected chi connectivity index (χ1v) is 10.0. The van der Waals surface area contributed by atoms with Crippen molar-refractivity contribution in [3.05, 3.63) is 72.1 Å². The Hall–Kier alpha value is -2.92. The van der Waals surface area contributed by atoms with Gasteiger partial charge in [-0.2, -0.15) is 0 Å². The Bertz CT molecular complexity index is 977. The topological polar surface area (TPSA) is 112 Å². The van der Waals surface area contributed by atoms with Gasteiger partial charge in [-0.25, -0.2) is 0 Å². The van der Waals surface area contributed by atoms with Gasteiger partial charge in [-0.05, 0) is 73.6 Å². The SMILES string of the molecule is O=C([O-])CCCc1cc2ccccc2[nH]1.O=C([O-])CCCc1cc2ccccc2[nH]1.[Zn+2]. The van der Waals surface area contributed by atoms with Crippen LogP contribution in [0.3, 0.4) is 0 Å². The molecule has 0 aliphatic heterocycles. The fourth-order valence-electron chi connectivity index (χ4n) is 3.38.